The fourth-order valence-electron chi connectivity index (χ4n) is 4.21. The minimum Gasteiger partial charge on any atom is -0.505 e. The Morgan fingerprint density at radius 1 is 0.800 bits per heavy atom. The Morgan fingerprint density at radius 3 is 2.07 bits per heavy atom. The fraction of sp³-hybridized carbons (Fsp3) is 0.125. The molecule has 0 radical (unpaired) electrons. The smallest absolute Gasteiger partial charge is 0.397 e. The van der Waals surface area contributed by atoms with E-state index in [1.54, 1.807) is 0 Å². The van der Waals surface area contributed by atoms with Crippen LogP contribution in [0, 0.1) is 0 Å². The van der Waals surface area contributed by atoms with Gasteiger partial charge in [0.1, 0.15) is 21.2 Å². The third kappa shape index (κ3) is 7.77. The molecular formula is C24H21N3O14S4. The second kappa shape index (κ2) is 12.0. The molecule has 5 N–H and O–H groups in total. The van der Waals surface area contributed by atoms with E-state index in [9.17, 15) is 52.7 Å². The monoisotopic (exact) mass is 703 g/mol. The SMILES string of the molecule is CC(=O)Nc1ccc2c(O)c(N=Nc3ccc4cc(S(=O)(=O)CCOS(=O)(=O)O)ccc4c3S(=O)(=O)O)c(S(=O)(=O)O)cc2c1. The number of phenolic OH excluding ortho intramolecular Hbond substituents is 1. The van der Waals surface area contributed by atoms with E-state index in [2.05, 4.69) is 19.7 Å². The molecule has 0 saturated heterocycles. The fourth-order valence-corrected chi connectivity index (χ4v) is 7.22. The molecule has 4 aromatic rings. The maximum absolute atomic E-state index is 12.6. The number of phenols is 1. The highest BCUT2D eigenvalue weighted by Gasteiger charge is 2.25. The largest absolute Gasteiger partial charge is 0.505 e. The van der Waals surface area contributed by atoms with E-state index in [1.807, 2.05) is 0 Å². The van der Waals surface area contributed by atoms with Crippen molar-refractivity contribution in [2.75, 3.05) is 17.7 Å². The summed E-state index contributed by atoms with van der Waals surface area (Å²) in [6, 6.07) is 10.0. The van der Waals surface area contributed by atoms with Gasteiger partial charge in [0, 0.05) is 23.4 Å². The summed E-state index contributed by atoms with van der Waals surface area (Å²) < 4.78 is 128. The van der Waals surface area contributed by atoms with Crippen molar-refractivity contribution in [1.29, 1.82) is 0 Å². The minimum atomic E-state index is -5.12. The molecule has 0 aliphatic heterocycles. The average molecular weight is 704 g/mol. The summed E-state index contributed by atoms with van der Waals surface area (Å²) in [6.45, 7) is 0.314. The maximum atomic E-state index is 12.6. The van der Waals surface area contributed by atoms with Crippen LogP contribution in [0.25, 0.3) is 21.5 Å². The Labute approximate surface area is 255 Å². The lowest BCUT2D eigenvalue weighted by molar-refractivity contribution is -0.114. The second-order valence-electron chi connectivity index (χ2n) is 9.20. The number of azo groups is 1. The lowest BCUT2D eigenvalue weighted by Gasteiger charge is -2.11. The Bertz CT molecular complexity index is 2360. The lowest BCUT2D eigenvalue weighted by Crippen LogP contribution is -2.15. The molecule has 240 valence electrons. The van der Waals surface area contributed by atoms with Gasteiger partial charge >= 0.3 is 10.4 Å². The Kier molecular flexibility index (Phi) is 9.02. The highest BCUT2D eigenvalue weighted by Crippen LogP contribution is 2.43. The Morgan fingerprint density at radius 2 is 1.47 bits per heavy atom. The van der Waals surface area contributed by atoms with Gasteiger partial charge in [-0.25, -0.2) is 12.6 Å². The van der Waals surface area contributed by atoms with Crippen LogP contribution in [-0.4, -0.2) is 70.7 Å². The van der Waals surface area contributed by atoms with Crippen LogP contribution in [-0.2, 0) is 49.5 Å². The van der Waals surface area contributed by atoms with Gasteiger partial charge in [-0.15, -0.1) is 10.2 Å². The van der Waals surface area contributed by atoms with Gasteiger partial charge < -0.3 is 10.4 Å². The van der Waals surface area contributed by atoms with Crippen LogP contribution in [0.4, 0.5) is 17.1 Å². The molecule has 4 rings (SSSR count). The summed E-state index contributed by atoms with van der Waals surface area (Å²) in [7, 11) is -19.3. The van der Waals surface area contributed by atoms with E-state index in [4.69, 9.17) is 4.55 Å². The van der Waals surface area contributed by atoms with Gasteiger partial charge in [0.2, 0.25) is 5.91 Å². The second-order valence-corrected chi connectivity index (χ2v) is 15.2. The Balaban J connectivity index is 1.84. The van der Waals surface area contributed by atoms with Gasteiger partial charge in [0.15, 0.2) is 15.6 Å². The lowest BCUT2D eigenvalue weighted by atomic mass is 10.1. The molecule has 0 atom stereocenters. The maximum Gasteiger partial charge on any atom is 0.397 e. The van der Waals surface area contributed by atoms with Crippen molar-refractivity contribution < 1.29 is 61.4 Å². The van der Waals surface area contributed by atoms with Crippen LogP contribution in [0.5, 0.6) is 5.75 Å². The predicted molar refractivity (Wildman–Crippen MR) is 157 cm³/mol. The first-order valence-electron chi connectivity index (χ1n) is 12.0. The first kappa shape index (κ1) is 33.8. The van der Waals surface area contributed by atoms with Crippen molar-refractivity contribution in [1.82, 2.24) is 0 Å². The van der Waals surface area contributed by atoms with Crippen molar-refractivity contribution in [3.63, 3.8) is 0 Å². The van der Waals surface area contributed by atoms with Crippen molar-refractivity contribution in [2.24, 2.45) is 10.2 Å². The molecule has 0 spiro atoms. The number of rotatable bonds is 10. The van der Waals surface area contributed by atoms with Gasteiger partial charge in [-0.2, -0.15) is 25.3 Å². The molecule has 0 aliphatic rings. The number of hydrogen-bond donors (Lipinski definition) is 5. The number of nitrogens with one attached hydrogen (secondary N) is 1. The van der Waals surface area contributed by atoms with Crippen molar-refractivity contribution >= 4 is 85.0 Å². The number of fused-ring (bicyclic) bond motifs is 2. The summed E-state index contributed by atoms with van der Waals surface area (Å²) in [5.74, 6) is -2.11. The number of benzene rings is 4. The molecule has 45 heavy (non-hydrogen) atoms. The third-order valence-corrected chi connectivity index (χ3v) is 9.98. The third-order valence-electron chi connectivity index (χ3n) is 6.03. The molecule has 0 saturated carbocycles. The minimum absolute atomic E-state index is 0.00898. The predicted octanol–water partition coefficient (Wildman–Crippen LogP) is 3.16. The van der Waals surface area contributed by atoms with Gasteiger partial charge in [0.05, 0.1) is 17.3 Å². The molecule has 4 aromatic carbocycles. The molecule has 0 bridgehead atoms. The van der Waals surface area contributed by atoms with Crippen molar-refractivity contribution in [2.45, 2.75) is 21.6 Å². The standard InChI is InChI=1S/C24H21N3O14S4/c1-13(28)25-16-3-5-18-15(10-16)12-21(43(32,33)34)22(23(18)29)27-26-20-7-2-14-11-17(4-6-19(14)24(20)44(35,36)37)42(30,31)9-8-41-45(38,39)40/h2-7,10-12,29H,8-9H2,1H3,(H,25,28)(H,32,33,34)(H,35,36,37)(H,38,39,40). The molecule has 0 unspecified atom stereocenters. The topological polar surface area (TPSA) is 281 Å². The van der Waals surface area contributed by atoms with Crippen LogP contribution in [0.2, 0.25) is 0 Å². The zero-order valence-electron chi connectivity index (χ0n) is 22.5. The van der Waals surface area contributed by atoms with E-state index in [1.165, 1.54) is 31.2 Å². The van der Waals surface area contributed by atoms with Crippen LogP contribution in [0.1, 0.15) is 6.92 Å². The molecule has 0 aliphatic carbocycles. The number of amides is 1. The molecule has 21 heteroatoms. The highest BCUT2D eigenvalue weighted by atomic mass is 32.3. The van der Waals surface area contributed by atoms with Crippen molar-refractivity contribution in [3.05, 3.63) is 54.6 Å². The van der Waals surface area contributed by atoms with E-state index >= 15 is 0 Å². The molecule has 0 aromatic heterocycles. The number of anilines is 1. The quantitative estimate of drug-likeness (QED) is 0.117. The van der Waals surface area contributed by atoms with E-state index in [0.29, 0.717) is 0 Å². The molecule has 17 nitrogen and oxygen atoms in total. The number of carbonyl (C=O) groups excluding carboxylic acids is 1. The first-order valence-corrected chi connectivity index (χ1v) is 17.9. The number of hydrogen-bond acceptors (Lipinski definition) is 13. The van der Waals surface area contributed by atoms with Crippen LogP contribution < -0.4 is 5.32 Å². The summed E-state index contributed by atoms with van der Waals surface area (Å²) >= 11 is 0. The summed E-state index contributed by atoms with van der Waals surface area (Å²) in [5.41, 5.74) is -1.14. The summed E-state index contributed by atoms with van der Waals surface area (Å²) in [5, 5.41) is 20.5. The average Bonchev–Trinajstić information content (AvgIpc) is 2.89. The van der Waals surface area contributed by atoms with Gasteiger partial charge in [0.25, 0.3) is 20.2 Å². The molecule has 0 heterocycles. The summed E-state index contributed by atoms with van der Waals surface area (Å²) in [4.78, 5) is 9.17. The van der Waals surface area contributed by atoms with E-state index < -0.39 is 90.6 Å². The normalized spacial score (nSPS) is 13.1. The zero-order valence-corrected chi connectivity index (χ0v) is 25.8. The number of aromatic hydroxyl groups is 1. The number of carbonyl (C=O) groups is 1. The van der Waals surface area contributed by atoms with E-state index in [0.717, 1.165) is 30.3 Å². The van der Waals surface area contributed by atoms with Crippen molar-refractivity contribution in [3.8, 4) is 5.75 Å². The van der Waals surface area contributed by atoms with Gasteiger partial charge in [-0.1, -0.05) is 12.1 Å². The van der Waals surface area contributed by atoms with Crippen LogP contribution in [0.15, 0.2) is 79.5 Å². The van der Waals surface area contributed by atoms with Crippen LogP contribution in [0.3, 0.4) is 0 Å². The van der Waals surface area contributed by atoms with Gasteiger partial charge in [-0.05, 0) is 53.2 Å². The summed E-state index contributed by atoms with van der Waals surface area (Å²) in [6.07, 6.45) is 0. The number of nitrogens with zero attached hydrogens (tertiary/aromatic N) is 2. The molecular weight excluding hydrogens is 683 g/mol. The zero-order chi connectivity index (χ0) is 33.5. The van der Waals surface area contributed by atoms with Crippen LogP contribution >= 0.6 is 0 Å². The highest BCUT2D eigenvalue weighted by molar-refractivity contribution is 7.91. The molecule has 1 amide bonds. The van der Waals surface area contributed by atoms with Gasteiger partial charge in [-0.3, -0.25) is 18.5 Å². The number of sulfone groups is 1. The molecule has 0 fully saturated rings. The Hall–Kier alpha value is -4.09. The van der Waals surface area contributed by atoms with E-state index in [-0.39, 0.29) is 27.2 Å². The first-order chi connectivity index (χ1) is 20.7.